The van der Waals surface area contributed by atoms with E-state index < -0.39 is 0 Å². The quantitative estimate of drug-likeness (QED) is 0.341. The van der Waals surface area contributed by atoms with Crippen LogP contribution in [0.1, 0.15) is 57.4 Å². The van der Waals surface area contributed by atoms with E-state index in [1.807, 2.05) is 18.2 Å². The van der Waals surface area contributed by atoms with Crippen LogP contribution in [0, 0.1) is 0 Å². The summed E-state index contributed by atoms with van der Waals surface area (Å²) >= 11 is 1.43. The number of ether oxygens (including phenoxy) is 1. The lowest BCUT2D eigenvalue weighted by Crippen LogP contribution is -2.15. The fraction of sp³-hybridized carbons (Fsp3) is 0.632. The molecule has 0 aliphatic carbocycles. The second-order valence-corrected chi connectivity index (χ2v) is 6.86. The van der Waals surface area contributed by atoms with Crippen molar-refractivity contribution in [3.8, 4) is 5.75 Å². The Morgan fingerprint density at radius 3 is 2.68 bits per heavy atom. The minimum absolute atomic E-state index is 0.119. The Kier molecular flexibility index (Phi) is 12.0. The van der Waals surface area contributed by atoms with Gasteiger partial charge in [-0.15, -0.1) is 0 Å². The van der Waals surface area contributed by atoms with Gasteiger partial charge in [0.25, 0.3) is 0 Å². The summed E-state index contributed by atoms with van der Waals surface area (Å²) in [5, 5.41) is 3.23. The molecule has 25 heavy (non-hydrogen) atoms. The van der Waals surface area contributed by atoms with Gasteiger partial charge in [-0.25, -0.2) is 0 Å². The molecule has 0 fully saturated rings. The molecule has 0 saturated heterocycles. The number of amides is 1. The van der Waals surface area contributed by atoms with Crippen molar-refractivity contribution in [1.29, 1.82) is 0 Å². The third-order valence-corrected chi connectivity index (χ3v) is 4.76. The van der Waals surface area contributed by atoms with Gasteiger partial charge >= 0.3 is 0 Å². The summed E-state index contributed by atoms with van der Waals surface area (Å²) in [5.41, 5.74) is 7.56. The Morgan fingerprint density at radius 1 is 1.20 bits per heavy atom. The number of carbonyl (C=O) groups is 1. The highest BCUT2D eigenvalue weighted by Gasteiger charge is 2.06. The summed E-state index contributed by atoms with van der Waals surface area (Å²) < 4.78 is 8.33. The molecule has 4 N–H and O–H groups in total. The van der Waals surface area contributed by atoms with E-state index >= 15 is 0 Å². The van der Waals surface area contributed by atoms with Crippen molar-refractivity contribution in [1.82, 2.24) is 4.72 Å². The Labute approximate surface area is 156 Å². The first-order valence-corrected chi connectivity index (χ1v) is 10.2. The molecule has 0 radical (unpaired) electrons. The minimum Gasteiger partial charge on any atom is -0.495 e. The zero-order valence-corrected chi connectivity index (χ0v) is 16.4. The lowest BCUT2D eigenvalue weighted by molar-refractivity contribution is -0.119. The van der Waals surface area contributed by atoms with Crippen molar-refractivity contribution < 1.29 is 9.53 Å². The zero-order chi connectivity index (χ0) is 18.3. The lowest BCUT2D eigenvalue weighted by atomic mass is 10.1. The van der Waals surface area contributed by atoms with Crippen LogP contribution < -0.4 is 20.5 Å². The van der Waals surface area contributed by atoms with Crippen LogP contribution in [0.25, 0.3) is 0 Å². The monoisotopic (exact) mass is 367 g/mol. The Morgan fingerprint density at radius 2 is 1.96 bits per heavy atom. The molecule has 0 aliphatic heterocycles. The van der Waals surface area contributed by atoms with E-state index in [0.717, 1.165) is 35.6 Å². The number of nitrogens with one attached hydrogen (secondary N) is 2. The van der Waals surface area contributed by atoms with Gasteiger partial charge in [0, 0.05) is 25.3 Å². The SMILES string of the molecule is CCCCCCCCC(=O)NSCc1ccc(NCCN)c(OC)c1. The van der Waals surface area contributed by atoms with E-state index in [2.05, 4.69) is 17.0 Å². The average molecular weight is 368 g/mol. The van der Waals surface area contributed by atoms with Crippen LogP contribution in [-0.2, 0) is 10.5 Å². The molecule has 0 saturated carbocycles. The molecule has 1 amide bonds. The highest BCUT2D eigenvalue weighted by atomic mass is 32.2. The van der Waals surface area contributed by atoms with Gasteiger partial charge in [0.15, 0.2) is 0 Å². The molecule has 0 unspecified atom stereocenters. The first-order valence-electron chi connectivity index (χ1n) is 9.22. The maximum Gasteiger partial charge on any atom is 0.229 e. The smallest absolute Gasteiger partial charge is 0.229 e. The van der Waals surface area contributed by atoms with Crippen LogP contribution in [0.15, 0.2) is 18.2 Å². The molecule has 0 spiro atoms. The van der Waals surface area contributed by atoms with Crippen molar-refractivity contribution in [3.63, 3.8) is 0 Å². The van der Waals surface area contributed by atoms with E-state index in [9.17, 15) is 4.79 Å². The Balaban J connectivity index is 2.25. The maximum atomic E-state index is 11.8. The molecule has 1 rings (SSSR count). The van der Waals surface area contributed by atoms with E-state index in [4.69, 9.17) is 10.5 Å². The summed E-state index contributed by atoms with van der Waals surface area (Å²) in [6.07, 6.45) is 7.81. The Bertz CT molecular complexity index is 498. The van der Waals surface area contributed by atoms with Gasteiger partial charge < -0.3 is 15.8 Å². The van der Waals surface area contributed by atoms with E-state index in [0.29, 0.717) is 19.5 Å². The molecule has 0 bridgehead atoms. The van der Waals surface area contributed by atoms with E-state index in [1.165, 1.54) is 37.6 Å². The van der Waals surface area contributed by atoms with E-state index in [-0.39, 0.29) is 5.91 Å². The molecular weight excluding hydrogens is 334 g/mol. The molecule has 0 atom stereocenters. The first-order chi connectivity index (χ1) is 12.2. The van der Waals surface area contributed by atoms with Crippen LogP contribution in [0.4, 0.5) is 5.69 Å². The topological polar surface area (TPSA) is 76.4 Å². The highest BCUT2D eigenvalue weighted by molar-refractivity contribution is 7.97. The number of rotatable bonds is 14. The number of carbonyl (C=O) groups excluding carboxylic acids is 1. The number of methoxy groups -OCH3 is 1. The maximum absolute atomic E-state index is 11.8. The van der Waals surface area contributed by atoms with Gasteiger partial charge in [-0.05, 0) is 36.1 Å². The highest BCUT2D eigenvalue weighted by Crippen LogP contribution is 2.26. The van der Waals surface area contributed by atoms with Crippen molar-refractivity contribution >= 4 is 23.5 Å². The second kappa shape index (κ2) is 13.8. The third-order valence-electron chi connectivity index (χ3n) is 3.91. The minimum atomic E-state index is 0.119. The number of unbranched alkanes of at least 4 members (excludes halogenated alkanes) is 5. The van der Waals surface area contributed by atoms with Crippen molar-refractivity contribution in [2.75, 3.05) is 25.5 Å². The number of hydrogen-bond acceptors (Lipinski definition) is 5. The second-order valence-electron chi connectivity index (χ2n) is 6.08. The van der Waals surface area contributed by atoms with Crippen LogP contribution in [0.3, 0.4) is 0 Å². The van der Waals surface area contributed by atoms with Gasteiger partial charge in [0.05, 0.1) is 12.8 Å². The van der Waals surface area contributed by atoms with Gasteiger partial charge in [-0.2, -0.15) is 0 Å². The first kappa shape index (κ1) is 21.6. The van der Waals surface area contributed by atoms with Gasteiger partial charge in [-0.3, -0.25) is 9.52 Å². The largest absolute Gasteiger partial charge is 0.495 e. The molecule has 142 valence electrons. The summed E-state index contributed by atoms with van der Waals surface area (Å²) in [7, 11) is 1.65. The number of anilines is 1. The fourth-order valence-electron chi connectivity index (χ4n) is 2.50. The number of benzene rings is 1. The van der Waals surface area contributed by atoms with E-state index in [1.54, 1.807) is 7.11 Å². The molecule has 1 aromatic carbocycles. The van der Waals surface area contributed by atoms with Crippen LogP contribution in [-0.4, -0.2) is 26.1 Å². The molecule has 5 nitrogen and oxygen atoms in total. The molecular formula is C19H33N3O2S. The summed E-state index contributed by atoms with van der Waals surface area (Å²) in [6, 6.07) is 6.02. The van der Waals surface area contributed by atoms with Gasteiger partial charge in [0.1, 0.15) is 5.75 Å². The standard InChI is InChI=1S/C19H33N3O2S/c1-3-4-5-6-7-8-9-19(23)22-25-15-16-10-11-17(21-13-12-20)18(14-16)24-2/h10-11,14,21H,3-9,12-13,15,20H2,1-2H3,(H,22,23). The van der Waals surface area contributed by atoms with Gasteiger partial charge in [-0.1, -0.05) is 45.1 Å². The molecule has 1 aromatic rings. The summed E-state index contributed by atoms with van der Waals surface area (Å²) in [5.74, 6) is 1.63. The zero-order valence-electron chi connectivity index (χ0n) is 15.6. The summed E-state index contributed by atoms with van der Waals surface area (Å²) in [4.78, 5) is 11.8. The lowest BCUT2D eigenvalue weighted by Gasteiger charge is -2.12. The predicted octanol–water partition coefficient (Wildman–Crippen LogP) is 4.08. The van der Waals surface area contributed by atoms with Crippen molar-refractivity contribution in [3.05, 3.63) is 23.8 Å². The fourth-order valence-corrected chi connectivity index (χ4v) is 3.18. The van der Waals surface area contributed by atoms with Crippen LogP contribution in [0.5, 0.6) is 5.75 Å². The molecule has 6 heteroatoms. The normalized spacial score (nSPS) is 10.5. The van der Waals surface area contributed by atoms with Crippen LogP contribution in [0.2, 0.25) is 0 Å². The Hall–Kier alpha value is -1.40. The predicted molar refractivity (Wildman–Crippen MR) is 108 cm³/mol. The number of hydrogen-bond donors (Lipinski definition) is 3. The molecule has 0 aliphatic rings. The van der Waals surface area contributed by atoms with Crippen molar-refractivity contribution in [2.45, 2.75) is 57.6 Å². The number of nitrogens with two attached hydrogens (primary N) is 1. The van der Waals surface area contributed by atoms with Crippen LogP contribution >= 0.6 is 11.9 Å². The third kappa shape index (κ3) is 9.60. The summed E-state index contributed by atoms with van der Waals surface area (Å²) in [6.45, 7) is 3.49. The average Bonchev–Trinajstić information content (AvgIpc) is 2.63. The molecule has 0 heterocycles. The van der Waals surface area contributed by atoms with Gasteiger partial charge in [0.2, 0.25) is 5.91 Å². The molecule has 0 aromatic heterocycles. The van der Waals surface area contributed by atoms with Crippen molar-refractivity contribution in [2.24, 2.45) is 5.73 Å².